The second kappa shape index (κ2) is 5.01. The monoisotopic (exact) mass is 283 g/mol. The SMILES string of the molecule is COc1ccccc1-n1cc(N)c(-c2cc(C)oc2C)n1. The lowest BCUT2D eigenvalue weighted by Crippen LogP contribution is -1.98. The maximum atomic E-state index is 6.11. The van der Waals surface area contributed by atoms with Gasteiger partial charge in [0.2, 0.25) is 0 Å². The van der Waals surface area contributed by atoms with Crippen molar-refractivity contribution in [2.24, 2.45) is 0 Å². The summed E-state index contributed by atoms with van der Waals surface area (Å²) < 4.78 is 12.6. The number of anilines is 1. The molecule has 0 saturated carbocycles. The standard InChI is InChI=1S/C16H17N3O2/c1-10-8-12(11(2)21-10)16-13(17)9-19(18-16)14-6-4-5-7-15(14)20-3/h4-9H,17H2,1-3H3. The minimum atomic E-state index is 0.602. The maximum Gasteiger partial charge on any atom is 0.144 e. The molecule has 0 saturated heterocycles. The Hall–Kier alpha value is -2.69. The van der Waals surface area contributed by atoms with Crippen LogP contribution in [0.15, 0.2) is 40.9 Å². The molecule has 2 aromatic heterocycles. The molecule has 3 rings (SSSR count). The minimum Gasteiger partial charge on any atom is -0.494 e. The number of nitrogens with two attached hydrogens (primary N) is 1. The molecule has 21 heavy (non-hydrogen) atoms. The lowest BCUT2D eigenvalue weighted by molar-refractivity contribution is 0.412. The molecular weight excluding hydrogens is 266 g/mol. The van der Waals surface area contributed by atoms with Crippen molar-refractivity contribution in [3.05, 3.63) is 48.0 Å². The van der Waals surface area contributed by atoms with E-state index in [1.54, 1.807) is 18.0 Å². The molecule has 0 aliphatic heterocycles. The van der Waals surface area contributed by atoms with Crippen LogP contribution in [-0.2, 0) is 0 Å². The Labute approximate surface area is 122 Å². The number of aryl methyl sites for hydroxylation is 2. The van der Waals surface area contributed by atoms with E-state index in [1.807, 2.05) is 44.2 Å². The third-order valence-corrected chi connectivity index (χ3v) is 3.37. The van der Waals surface area contributed by atoms with Crippen LogP contribution < -0.4 is 10.5 Å². The first-order chi connectivity index (χ1) is 10.1. The second-order valence-electron chi connectivity index (χ2n) is 4.88. The van der Waals surface area contributed by atoms with Gasteiger partial charge in [0.1, 0.15) is 28.7 Å². The number of ether oxygens (including phenoxy) is 1. The van der Waals surface area contributed by atoms with Crippen molar-refractivity contribution in [1.29, 1.82) is 0 Å². The molecule has 0 amide bonds. The lowest BCUT2D eigenvalue weighted by Gasteiger charge is -2.07. The van der Waals surface area contributed by atoms with Gasteiger partial charge in [-0.05, 0) is 32.0 Å². The minimum absolute atomic E-state index is 0.602. The fraction of sp³-hybridized carbons (Fsp3) is 0.188. The number of aromatic nitrogens is 2. The normalized spacial score (nSPS) is 10.8. The maximum absolute atomic E-state index is 6.11. The van der Waals surface area contributed by atoms with Gasteiger partial charge in [-0.2, -0.15) is 5.10 Å². The predicted octanol–water partition coefficient (Wildman–Crippen LogP) is 3.34. The predicted molar refractivity (Wildman–Crippen MR) is 81.7 cm³/mol. The summed E-state index contributed by atoms with van der Waals surface area (Å²) in [5.41, 5.74) is 9.19. The summed E-state index contributed by atoms with van der Waals surface area (Å²) in [6.45, 7) is 3.81. The second-order valence-corrected chi connectivity index (χ2v) is 4.88. The number of nitrogen functional groups attached to an aromatic ring is 1. The van der Waals surface area contributed by atoms with Gasteiger partial charge in [0, 0.05) is 5.56 Å². The third kappa shape index (κ3) is 2.27. The van der Waals surface area contributed by atoms with Crippen molar-refractivity contribution in [3.8, 4) is 22.7 Å². The number of hydrogen-bond donors (Lipinski definition) is 1. The van der Waals surface area contributed by atoms with E-state index < -0.39 is 0 Å². The Kier molecular flexibility index (Phi) is 3.17. The van der Waals surface area contributed by atoms with Crippen LogP contribution in [0.5, 0.6) is 5.75 Å². The highest BCUT2D eigenvalue weighted by Gasteiger charge is 2.16. The van der Waals surface area contributed by atoms with Crippen molar-refractivity contribution in [2.45, 2.75) is 13.8 Å². The zero-order valence-electron chi connectivity index (χ0n) is 12.3. The molecule has 0 aliphatic carbocycles. The van der Waals surface area contributed by atoms with E-state index in [-0.39, 0.29) is 0 Å². The Bertz CT molecular complexity index is 787. The zero-order valence-corrected chi connectivity index (χ0v) is 12.3. The Balaban J connectivity index is 2.12. The zero-order chi connectivity index (χ0) is 15.0. The van der Waals surface area contributed by atoms with E-state index in [4.69, 9.17) is 14.9 Å². The van der Waals surface area contributed by atoms with Gasteiger partial charge in [-0.25, -0.2) is 4.68 Å². The Morgan fingerprint density at radius 2 is 2.00 bits per heavy atom. The average Bonchev–Trinajstić information content (AvgIpc) is 3.01. The number of furan rings is 1. The summed E-state index contributed by atoms with van der Waals surface area (Å²) in [6.07, 6.45) is 1.79. The molecule has 2 heterocycles. The Morgan fingerprint density at radius 3 is 2.67 bits per heavy atom. The van der Waals surface area contributed by atoms with Gasteiger partial charge < -0.3 is 14.9 Å². The first kappa shape index (κ1) is 13.3. The molecule has 108 valence electrons. The lowest BCUT2D eigenvalue weighted by atomic mass is 10.1. The quantitative estimate of drug-likeness (QED) is 0.800. The highest BCUT2D eigenvalue weighted by molar-refractivity contribution is 5.74. The van der Waals surface area contributed by atoms with Crippen LogP contribution in [0.1, 0.15) is 11.5 Å². The van der Waals surface area contributed by atoms with Crippen molar-refractivity contribution < 1.29 is 9.15 Å². The van der Waals surface area contributed by atoms with Crippen LogP contribution >= 0.6 is 0 Å². The van der Waals surface area contributed by atoms with Gasteiger partial charge >= 0.3 is 0 Å². The summed E-state index contributed by atoms with van der Waals surface area (Å²) in [5, 5.41) is 4.58. The van der Waals surface area contributed by atoms with Gasteiger partial charge in [0.05, 0.1) is 19.0 Å². The molecule has 0 bridgehead atoms. The van der Waals surface area contributed by atoms with Gasteiger partial charge in [-0.1, -0.05) is 12.1 Å². The van der Waals surface area contributed by atoms with Crippen LogP contribution in [0.2, 0.25) is 0 Å². The van der Waals surface area contributed by atoms with E-state index in [9.17, 15) is 0 Å². The summed E-state index contributed by atoms with van der Waals surface area (Å²) in [4.78, 5) is 0. The van der Waals surface area contributed by atoms with Crippen LogP contribution in [0.3, 0.4) is 0 Å². The highest BCUT2D eigenvalue weighted by atomic mass is 16.5. The van der Waals surface area contributed by atoms with Crippen molar-refractivity contribution >= 4 is 5.69 Å². The summed E-state index contributed by atoms with van der Waals surface area (Å²) in [6, 6.07) is 9.62. The molecule has 0 spiro atoms. The van der Waals surface area contributed by atoms with Gasteiger partial charge in [-0.15, -0.1) is 0 Å². The fourth-order valence-corrected chi connectivity index (χ4v) is 2.40. The molecule has 5 heteroatoms. The fourth-order valence-electron chi connectivity index (χ4n) is 2.40. The third-order valence-electron chi connectivity index (χ3n) is 3.37. The molecule has 0 radical (unpaired) electrons. The molecule has 1 aromatic carbocycles. The summed E-state index contributed by atoms with van der Waals surface area (Å²) in [7, 11) is 1.64. The van der Waals surface area contributed by atoms with E-state index in [1.165, 1.54) is 0 Å². The first-order valence-electron chi connectivity index (χ1n) is 6.66. The average molecular weight is 283 g/mol. The van der Waals surface area contributed by atoms with Gasteiger partial charge in [-0.3, -0.25) is 0 Å². The number of rotatable bonds is 3. The van der Waals surface area contributed by atoms with Crippen molar-refractivity contribution in [2.75, 3.05) is 12.8 Å². The van der Waals surface area contributed by atoms with Crippen LogP contribution in [0.4, 0.5) is 5.69 Å². The highest BCUT2D eigenvalue weighted by Crippen LogP contribution is 2.31. The van der Waals surface area contributed by atoms with Crippen molar-refractivity contribution in [1.82, 2.24) is 9.78 Å². The van der Waals surface area contributed by atoms with Crippen molar-refractivity contribution in [3.63, 3.8) is 0 Å². The van der Waals surface area contributed by atoms with Gasteiger partial charge in [0.25, 0.3) is 0 Å². The first-order valence-corrected chi connectivity index (χ1v) is 6.66. The number of benzene rings is 1. The molecule has 0 unspecified atom stereocenters. The van der Waals surface area contributed by atoms with Crippen LogP contribution in [0.25, 0.3) is 16.9 Å². The topological polar surface area (TPSA) is 66.2 Å². The van der Waals surface area contributed by atoms with E-state index in [0.29, 0.717) is 5.69 Å². The van der Waals surface area contributed by atoms with Crippen LogP contribution in [0, 0.1) is 13.8 Å². The van der Waals surface area contributed by atoms with E-state index in [0.717, 1.165) is 34.2 Å². The number of methoxy groups -OCH3 is 1. The molecule has 0 atom stereocenters. The van der Waals surface area contributed by atoms with Crippen LogP contribution in [-0.4, -0.2) is 16.9 Å². The molecule has 3 aromatic rings. The van der Waals surface area contributed by atoms with E-state index >= 15 is 0 Å². The molecule has 2 N–H and O–H groups in total. The Morgan fingerprint density at radius 1 is 1.24 bits per heavy atom. The van der Waals surface area contributed by atoms with E-state index in [2.05, 4.69) is 5.10 Å². The molecule has 0 aliphatic rings. The number of hydrogen-bond acceptors (Lipinski definition) is 4. The molecule has 5 nitrogen and oxygen atoms in total. The summed E-state index contributed by atoms with van der Waals surface area (Å²) >= 11 is 0. The number of nitrogens with zero attached hydrogens (tertiary/aromatic N) is 2. The molecule has 0 fully saturated rings. The largest absolute Gasteiger partial charge is 0.494 e. The molecular formula is C16H17N3O2. The number of para-hydroxylation sites is 2. The summed E-state index contributed by atoms with van der Waals surface area (Å²) in [5.74, 6) is 2.39. The smallest absolute Gasteiger partial charge is 0.144 e. The van der Waals surface area contributed by atoms with Gasteiger partial charge in [0.15, 0.2) is 0 Å².